The van der Waals surface area contributed by atoms with Gasteiger partial charge in [0.2, 0.25) is 5.91 Å². The van der Waals surface area contributed by atoms with Crippen molar-refractivity contribution in [1.82, 2.24) is 15.1 Å². The minimum atomic E-state index is -0.599. The summed E-state index contributed by atoms with van der Waals surface area (Å²) >= 11 is 0. The van der Waals surface area contributed by atoms with Gasteiger partial charge in [-0.25, -0.2) is 0 Å². The van der Waals surface area contributed by atoms with E-state index in [1.54, 1.807) is 14.2 Å². The third kappa shape index (κ3) is 3.67. The summed E-state index contributed by atoms with van der Waals surface area (Å²) in [7, 11) is 3.24. The van der Waals surface area contributed by atoms with Crippen LogP contribution in [0.5, 0.6) is 11.5 Å². The van der Waals surface area contributed by atoms with Crippen LogP contribution in [-0.2, 0) is 10.2 Å². The summed E-state index contributed by atoms with van der Waals surface area (Å²) in [5.74, 6) is 1.52. The molecule has 1 aromatic rings. The number of carbonyl (C=O) groups is 1. The van der Waals surface area contributed by atoms with E-state index < -0.39 is 5.41 Å². The maximum atomic E-state index is 13.3. The number of ether oxygens (including phenoxy) is 2. The number of nitrogens with one attached hydrogen (secondary N) is 1. The first-order valence-corrected chi connectivity index (χ1v) is 9.44. The van der Waals surface area contributed by atoms with E-state index in [0.29, 0.717) is 17.5 Å². The van der Waals surface area contributed by atoms with Crippen LogP contribution in [0, 0.1) is 0 Å². The molecule has 0 saturated carbocycles. The molecule has 1 atom stereocenters. The lowest BCUT2D eigenvalue weighted by Crippen LogP contribution is -2.50. The highest BCUT2D eigenvalue weighted by Gasteiger charge is 2.39. The molecule has 144 valence electrons. The smallest absolute Gasteiger partial charge is 0.232 e. The third-order valence-corrected chi connectivity index (χ3v) is 5.76. The molecular weight excluding hydrogens is 330 g/mol. The van der Waals surface area contributed by atoms with E-state index in [0.717, 1.165) is 51.3 Å². The molecule has 2 aliphatic rings. The minimum Gasteiger partial charge on any atom is -0.493 e. The van der Waals surface area contributed by atoms with E-state index in [2.05, 4.69) is 10.2 Å². The second-order valence-corrected chi connectivity index (χ2v) is 7.67. The van der Waals surface area contributed by atoms with Crippen LogP contribution in [-0.4, -0.2) is 75.2 Å². The normalized spacial score (nSPS) is 21.7. The lowest BCUT2D eigenvalue weighted by atomic mass is 9.83. The van der Waals surface area contributed by atoms with Gasteiger partial charge in [0.05, 0.1) is 19.6 Å². The maximum absolute atomic E-state index is 13.3. The van der Waals surface area contributed by atoms with Gasteiger partial charge < -0.3 is 19.7 Å². The predicted molar refractivity (Wildman–Crippen MR) is 102 cm³/mol. The van der Waals surface area contributed by atoms with Crippen molar-refractivity contribution in [3.63, 3.8) is 0 Å². The Bertz CT molecular complexity index is 641. The van der Waals surface area contributed by atoms with Gasteiger partial charge in [0.25, 0.3) is 0 Å². The van der Waals surface area contributed by atoms with Crippen molar-refractivity contribution in [2.75, 3.05) is 53.5 Å². The molecule has 2 heterocycles. The van der Waals surface area contributed by atoms with E-state index in [-0.39, 0.29) is 5.91 Å². The molecular formula is C20H31N3O3. The number of hydrogen-bond donors (Lipinski definition) is 1. The van der Waals surface area contributed by atoms with E-state index in [1.807, 2.05) is 36.9 Å². The van der Waals surface area contributed by atoms with Crippen LogP contribution in [0.15, 0.2) is 18.2 Å². The Balaban J connectivity index is 1.72. The Morgan fingerprint density at radius 3 is 2.46 bits per heavy atom. The summed E-state index contributed by atoms with van der Waals surface area (Å²) in [6, 6.07) is 6.24. The van der Waals surface area contributed by atoms with Crippen molar-refractivity contribution < 1.29 is 14.3 Å². The Labute approximate surface area is 156 Å². The second kappa shape index (κ2) is 7.84. The summed E-state index contributed by atoms with van der Waals surface area (Å²) in [6.07, 6.45) is 1.06. The topological polar surface area (TPSA) is 54.0 Å². The fraction of sp³-hybridized carbons (Fsp3) is 0.650. The minimum absolute atomic E-state index is 0.183. The van der Waals surface area contributed by atoms with E-state index in [4.69, 9.17) is 9.47 Å². The quantitative estimate of drug-likeness (QED) is 0.861. The van der Waals surface area contributed by atoms with Gasteiger partial charge >= 0.3 is 0 Å². The molecule has 2 aliphatic heterocycles. The van der Waals surface area contributed by atoms with Gasteiger partial charge in [-0.15, -0.1) is 0 Å². The molecule has 0 radical (unpaired) electrons. The monoisotopic (exact) mass is 361 g/mol. The first-order valence-electron chi connectivity index (χ1n) is 9.44. The molecule has 2 saturated heterocycles. The number of likely N-dealkylation sites (tertiary alicyclic amines) is 1. The zero-order chi connectivity index (χ0) is 18.7. The van der Waals surface area contributed by atoms with E-state index in [9.17, 15) is 4.79 Å². The average Bonchev–Trinajstić information content (AvgIpc) is 3.17. The zero-order valence-corrected chi connectivity index (χ0v) is 16.4. The number of methoxy groups -OCH3 is 2. The largest absolute Gasteiger partial charge is 0.493 e. The number of nitrogens with zero attached hydrogens (tertiary/aromatic N) is 2. The first kappa shape index (κ1) is 19.0. The first-order chi connectivity index (χ1) is 12.5. The van der Waals surface area contributed by atoms with Crippen molar-refractivity contribution in [2.45, 2.75) is 31.7 Å². The molecule has 0 aromatic heterocycles. The van der Waals surface area contributed by atoms with Crippen LogP contribution >= 0.6 is 0 Å². The molecule has 1 aromatic carbocycles. The Morgan fingerprint density at radius 2 is 1.81 bits per heavy atom. The van der Waals surface area contributed by atoms with Crippen LogP contribution in [0.1, 0.15) is 25.8 Å². The third-order valence-electron chi connectivity index (χ3n) is 5.76. The lowest BCUT2D eigenvalue weighted by Gasteiger charge is -2.34. The van der Waals surface area contributed by atoms with Crippen LogP contribution in [0.4, 0.5) is 0 Å². The van der Waals surface area contributed by atoms with Crippen molar-refractivity contribution in [2.24, 2.45) is 0 Å². The van der Waals surface area contributed by atoms with Gasteiger partial charge in [0.1, 0.15) is 0 Å². The number of carbonyl (C=O) groups excluding carboxylic acids is 1. The molecule has 0 bridgehead atoms. The van der Waals surface area contributed by atoms with Crippen molar-refractivity contribution in [3.05, 3.63) is 23.8 Å². The Kier molecular flexibility index (Phi) is 5.73. The number of piperazine rings is 1. The number of amides is 1. The zero-order valence-electron chi connectivity index (χ0n) is 16.4. The highest BCUT2D eigenvalue weighted by Crippen LogP contribution is 2.35. The molecule has 2 fully saturated rings. The molecule has 1 unspecified atom stereocenters. The van der Waals surface area contributed by atoms with Gasteiger partial charge in [0, 0.05) is 45.3 Å². The summed E-state index contributed by atoms with van der Waals surface area (Å²) < 4.78 is 10.7. The molecule has 1 amide bonds. The summed E-state index contributed by atoms with van der Waals surface area (Å²) in [5.41, 5.74) is 0.350. The van der Waals surface area contributed by atoms with Gasteiger partial charge in [-0.1, -0.05) is 6.07 Å². The fourth-order valence-corrected chi connectivity index (χ4v) is 4.02. The van der Waals surface area contributed by atoms with Crippen molar-refractivity contribution in [1.29, 1.82) is 0 Å². The van der Waals surface area contributed by atoms with Gasteiger partial charge in [-0.3, -0.25) is 9.69 Å². The van der Waals surface area contributed by atoms with Crippen LogP contribution in [0.2, 0.25) is 0 Å². The van der Waals surface area contributed by atoms with Gasteiger partial charge in [-0.2, -0.15) is 0 Å². The van der Waals surface area contributed by atoms with E-state index in [1.165, 1.54) is 0 Å². The highest BCUT2D eigenvalue weighted by molar-refractivity contribution is 5.88. The number of hydrogen-bond acceptors (Lipinski definition) is 5. The summed E-state index contributed by atoms with van der Waals surface area (Å²) in [5, 5.41) is 3.39. The van der Waals surface area contributed by atoms with Crippen LogP contribution in [0.3, 0.4) is 0 Å². The van der Waals surface area contributed by atoms with Crippen molar-refractivity contribution in [3.8, 4) is 11.5 Å². The second-order valence-electron chi connectivity index (χ2n) is 7.67. The van der Waals surface area contributed by atoms with E-state index >= 15 is 0 Å². The fourth-order valence-electron chi connectivity index (χ4n) is 4.02. The van der Waals surface area contributed by atoms with Crippen molar-refractivity contribution >= 4 is 5.91 Å². The Morgan fingerprint density at radius 1 is 1.12 bits per heavy atom. The Hall–Kier alpha value is -1.79. The lowest BCUT2D eigenvalue weighted by molar-refractivity contribution is -0.135. The number of benzene rings is 1. The molecule has 6 nitrogen and oxygen atoms in total. The maximum Gasteiger partial charge on any atom is 0.232 e. The van der Waals surface area contributed by atoms with Gasteiger partial charge in [0.15, 0.2) is 11.5 Å². The van der Waals surface area contributed by atoms with Crippen LogP contribution < -0.4 is 14.8 Å². The molecule has 3 rings (SSSR count). The molecule has 6 heteroatoms. The number of rotatable bonds is 5. The molecule has 1 N–H and O–H groups in total. The van der Waals surface area contributed by atoms with Gasteiger partial charge in [-0.05, 0) is 38.0 Å². The molecule has 26 heavy (non-hydrogen) atoms. The molecule has 0 spiro atoms. The summed E-state index contributed by atoms with van der Waals surface area (Å²) in [6.45, 7) is 9.89. The van der Waals surface area contributed by atoms with Crippen LogP contribution in [0.25, 0.3) is 0 Å². The SMILES string of the molecule is COc1ccc(C(C)(C)C(=O)N2CCC(N3CCNCC3)C2)cc1OC. The summed E-state index contributed by atoms with van der Waals surface area (Å²) in [4.78, 5) is 17.8. The average molecular weight is 361 g/mol. The molecule has 0 aliphatic carbocycles. The highest BCUT2D eigenvalue weighted by atomic mass is 16.5. The standard InChI is InChI=1S/C20H31N3O3/c1-20(2,15-5-6-17(25-3)18(13-15)26-4)19(24)23-10-7-16(14-23)22-11-8-21-9-12-22/h5-6,13,16,21H,7-12,14H2,1-4H3. The predicted octanol–water partition coefficient (Wildman–Crippen LogP) is 1.49.